The third-order valence-electron chi connectivity index (χ3n) is 3.47. The molecule has 23 heavy (non-hydrogen) atoms. The van der Waals surface area contributed by atoms with Gasteiger partial charge in [0.25, 0.3) is 0 Å². The fourth-order valence-electron chi connectivity index (χ4n) is 2.45. The minimum absolute atomic E-state index is 0.259. The summed E-state index contributed by atoms with van der Waals surface area (Å²) in [5.41, 5.74) is 7.65. The molecule has 4 N–H and O–H groups in total. The van der Waals surface area contributed by atoms with Crippen LogP contribution in [0.15, 0.2) is 30.7 Å². The van der Waals surface area contributed by atoms with Gasteiger partial charge in [-0.2, -0.15) is 0 Å². The number of nitrogen functional groups attached to an aromatic ring is 1. The lowest BCUT2D eigenvalue weighted by Crippen LogP contribution is -2.15. The molecule has 0 atom stereocenters. The first-order chi connectivity index (χ1) is 11.0. The van der Waals surface area contributed by atoms with Crippen LogP contribution < -0.4 is 11.1 Å². The smallest absolute Gasteiger partial charge is 0.250 e. The molecule has 3 aromatic rings. The largest absolute Gasteiger partial charge is 0.387 e. The second kappa shape index (κ2) is 5.65. The molecule has 0 radical (unpaired) electrons. The molecule has 1 amide bonds. The van der Waals surface area contributed by atoms with Gasteiger partial charge in [-0.1, -0.05) is 0 Å². The number of anilines is 2. The van der Waals surface area contributed by atoms with Crippen molar-refractivity contribution in [2.24, 2.45) is 7.05 Å². The average molecular weight is 315 g/mol. The molecule has 8 heteroatoms. The average Bonchev–Trinajstić information content (AvgIpc) is 2.86. The van der Waals surface area contributed by atoms with Gasteiger partial charge in [-0.15, -0.1) is 0 Å². The van der Waals surface area contributed by atoms with Gasteiger partial charge in [0.15, 0.2) is 0 Å². The first-order valence-corrected chi connectivity index (χ1v) is 6.77. The Kier molecular flexibility index (Phi) is 3.67. The Balaban J connectivity index is 2.11. The molecular formula is C15H14FN5O2. The molecule has 0 saturated carbocycles. The number of aliphatic hydroxyl groups excluding tert-OH is 1. The number of carbonyl (C=O) groups excluding carboxylic acids is 1. The van der Waals surface area contributed by atoms with E-state index in [1.54, 1.807) is 23.9 Å². The third kappa shape index (κ3) is 2.59. The number of hydrogen-bond acceptors (Lipinski definition) is 5. The summed E-state index contributed by atoms with van der Waals surface area (Å²) in [5.74, 6) is -0.876. The highest BCUT2D eigenvalue weighted by Gasteiger charge is 2.16. The van der Waals surface area contributed by atoms with E-state index < -0.39 is 18.3 Å². The van der Waals surface area contributed by atoms with Gasteiger partial charge in [-0.3, -0.25) is 4.79 Å². The maximum atomic E-state index is 14.5. The van der Waals surface area contributed by atoms with E-state index in [-0.39, 0.29) is 11.5 Å². The van der Waals surface area contributed by atoms with Crippen molar-refractivity contribution in [2.75, 3.05) is 17.7 Å². The van der Waals surface area contributed by atoms with Crippen molar-refractivity contribution in [3.63, 3.8) is 0 Å². The summed E-state index contributed by atoms with van der Waals surface area (Å²) in [7, 11) is 1.78. The number of aromatic nitrogens is 3. The molecule has 3 rings (SSSR count). The number of nitrogens with one attached hydrogen (secondary N) is 1. The fourth-order valence-corrected chi connectivity index (χ4v) is 2.45. The lowest BCUT2D eigenvalue weighted by Gasteiger charge is -2.07. The fraction of sp³-hybridized carbons (Fsp3) is 0.133. The number of hydrogen-bond donors (Lipinski definition) is 3. The van der Waals surface area contributed by atoms with Crippen molar-refractivity contribution in [3.05, 3.63) is 36.5 Å². The molecular weight excluding hydrogens is 301 g/mol. The summed E-state index contributed by atoms with van der Waals surface area (Å²) >= 11 is 0. The maximum absolute atomic E-state index is 14.5. The SMILES string of the molecule is Cn1cc(-c2ccc(NC(=O)CO)cc2F)c2c(N)ncnc21. The zero-order chi connectivity index (χ0) is 16.6. The van der Waals surface area contributed by atoms with Gasteiger partial charge in [0.2, 0.25) is 5.91 Å². The van der Waals surface area contributed by atoms with E-state index >= 15 is 0 Å². The van der Waals surface area contributed by atoms with E-state index in [0.717, 1.165) is 0 Å². The van der Waals surface area contributed by atoms with Crippen LogP contribution in [0.25, 0.3) is 22.2 Å². The number of nitrogens with zero attached hydrogens (tertiary/aromatic N) is 3. The molecule has 0 unspecified atom stereocenters. The van der Waals surface area contributed by atoms with Gasteiger partial charge in [0, 0.05) is 30.1 Å². The molecule has 0 spiro atoms. The minimum atomic E-state index is -0.666. The van der Waals surface area contributed by atoms with Crippen LogP contribution in [0.5, 0.6) is 0 Å². The first-order valence-electron chi connectivity index (χ1n) is 6.77. The van der Waals surface area contributed by atoms with Crippen molar-refractivity contribution >= 4 is 28.4 Å². The molecule has 0 fully saturated rings. The summed E-state index contributed by atoms with van der Waals surface area (Å²) < 4.78 is 16.2. The predicted molar refractivity (Wildman–Crippen MR) is 84.0 cm³/mol. The van der Waals surface area contributed by atoms with Gasteiger partial charge in [-0.25, -0.2) is 14.4 Å². The van der Waals surface area contributed by atoms with Crippen molar-refractivity contribution in [1.82, 2.24) is 14.5 Å². The Labute approximate surface area is 130 Å². The van der Waals surface area contributed by atoms with Crippen LogP contribution in [0.2, 0.25) is 0 Å². The van der Waals surface area contributed by atoms with Crippen LogP contribution in [-0.2, 0) is 11.8 Å². The van der Waals surface area contributed by atoms with E-state index in [4.69, 9.17) is 10.8 Å². The normalized spacial score (nSPS) is 10.9. The summed E-state index contributed by atoms with van der Waals surface area (Å²) in [5, 5.41) is 11.7. The number of aliphatic hydroxyl groups is 1. The third-order valence-corrected chi connectivity index (χ3v) is 3.47. The van der Waals surface area contributed by atoms with Gasteiger partial charge in [0.1, 0.15) is 30.2 Å². The number of amides is 1. The van der Waals surface area contributed by atoms with Crippen LogP contribution in [0, 0.1) is 5.82 Å². The Bertz CT molecular complexity index is 906. The van der Waals surface area contributed by atoms with Crippen molar-refractivity contribution < 1.29 is 14.3 Å². The number of halogens is 1. The second-order valence-electron chi connectivity index (χ2n) is 5.01. The van der Waals surface area contributed by atoms with Gasteiger partial charge in [-0.05, 0) is 18.2 Å². The molecule has 0 bridgehead atoms. The van der Waals surface area contributed by atoms with E-state index in [0.29, 0.717) is 22.2 Å². The molecule has 2 aromatic heterocycles. The number of nitrogens with two attached hydrogens (primary N) is 1. The minimum Gasteiger partial charge on any atom is -0.387 e. The van der Waals surface area contributed by atoms with E-state index in [1.165, 1.54) is 18.5 Å². The quantitative estimate of drug-likeness (QED) is 0.675. The Morgan fingerprint density at radius 2 is 2.17 bits per heavy atom. The highest BCUT2D eigenvalue weighted by Crippen LogP contribution is 2.34. The topological polar surface area (TPSA) is 106 Å². The Hall–Kier alpha value is -3.00. The molecule has 118 valence electrons. The van der Waals surface area contributed by atoms with Crippen LogP contribution in [0.1, 0.15) is 0 Å². The molecule has 0 aliphatic carbocycles. The van der Waals surface area contributed by atoms with Crippen LogP contribution >= 0.6 is 0 Å². The number of aryl methyl sites for hydroxylation is 1. The van der Waals surface area contributed by atoms with Crippen LogP contribution in [0.4, 0.5) is 15.9 Å². The lowest BCUT2D eigenvalue weighted by atomic mass is 10.0. The number of fused-ring (bicyclic) bond motifs is 1. The Morgan fingerprint density at radius 3 is 2.87 bits per heavy atom. The predicted octanol–water partition coefficient (Wildman–Crippen LogP) is 1.29. The Morgan fingerprint density at radius 1 is 1.39 bits per heavy atom. The van der Waals surface area contributed by atoms with Gasteiger partial charge < -0.3 is 20.7 Å². The van der Waals surface area contributed by atoms with E-state index in [1.807, 2.05) is 0 Å². The summed E-state index contributed by atoms with van der Waals surface area (Å²) in [4.78, 5) is 19.3. The highest BCUT2D eigenvalue weighted by atomic mass is 19.1. The monoisotopic (exact) mass is 315 g/mol. The van der Waals surface area contributed by atoms with Crippen molar-refractivity contribution in [3.8, 4) is 11.1 Å². The van der Waals surface area contributed by atoms with E-state index in [2.05, 4.69) is 15.3 Å². The van der Waals surface area contributed by atoms with Crippen LogP contribution in [0.3, 0.4) is 0 Å². The highest BCUT2D eigenvalue weighted by molar-refractivity contribution is 6.01. The van der Waals surface area contributed by atoms with Crippen LogP contribution in [-0.4, -0.2) is 32.2 Å². The molecule has 1 aromatic carbocycles. The molecule has 7 nitrogen and oxygen atoms in total. The number of carbonyl (C=O) groups is 1. The van der Waals surface area contributed by atoms with Gasteiger partial charge in [0.05, 0.1) is 5.39 Å². The molecule has 0 aliphatic rings. The van der Waals surface area contributed by atoms with Crippen molar-refractivity contribution in [2.45, 2.75) is 0 Å². The molecule has 0 aliphatic heterocycles. The van der Waals surface area contributed by atoms with Gasteiger partial charge >= 0.3 is 0 Å². The summed E-state index contributed by atoms with van der Waals surface area (Å²) in [6.07, 6.45) is 3.07. The van der Waals surface area contributed by atoms with Crippen molar-refractivity contribution in [1.29, 1.82) is 0 Å². The number of rotatable bonds is 3. The second-order valence-corrected chi connectivity index (χ2v) is 5.01. The molecule has 2 heterocycles. The van der Waals surface area contributed by atoms with E-state index in [9.17, 15) is 9.18 Å². The first kappa shape index (κ1) is 14.9. The summed E-state index contributed by atoms with van der Waals surface area (Å²) in [6, 6.07) is 4.26. The molecule has 0 saturated heterocycles. The maximum Gasteiger partial charge on any atom is 0.250 e. The zero-order valence-electron chi connectivity index (χ0n) is 12.2. The number of benzene rings is 1. The summed E-state index contributed by atoms with van der Waals surface area (Å²) in [6.45, 7) is -0.666. The lowest BCUT2D eigenvalue weighted by molar-refractivity contribution is -0.118. The standard InChI is InChI=1S/C15H14FN5O2/c1-21-5-10(13-14(17)18-7-19-15(13)21)9-3-2-8(4-11(9)16)20-12(23)6-22/h2-5,7,22H,6H2,1H3,(H,20,23)(H2,17,18,19). The zero-order valence-corrected chi connectivity index (χ0v) is 12.2.